The van der Waals surface area contributed by atoms with E-state index >= 15 is 0 Å². The minimum atomic E-state index is -3.94. The second-order valence-electron chi connectivity index (χ2n) is 5.88. The van der Waals surface area contributed by atoms with Crippen molar-refractivity contribution >= 4 is 32.4 Å². The highest BCUT2D eigenvalue weighted by Gasteiger charge is 2.27. The van der Waals surface area contributed by atoms with E-state index in [4.69, 9.17) is 0 Å². The Morgan fingerprint density at radius 2 is 1.70 bits per heavy atom. The van der Waals surface area contributed by atoms with Crippen molar-refractivity contribution in [2.24, 2.45) is 0 Å². The van der Waals surface area contributed by atoms with E-state index in [0.717, 1.165) is 28.0 Å². The van der Waals surface area contributed by atoms with Crippen LogP contribution in [0.1, 0.15) is 29.7 Å². The number of nitrogens with zero attached hydrogens (tertiary/aromatic N) is 2. The van der Waals surface area contributed by atoms with E-state index in [9.17, 15) is 13.2 Å². The minimum absolute atomic E-state index is 0.134. The van der Waals surface area contributed by atoms with Crippen molar-refractivity contribution in [3.8, 4) is 0 Å². The maximum absolute atomic E-state index is 12.9. The van der Waals surface area contributed by atoms with Crippen LogP contribution in [0, 0.1) is 6.92 Å². The van der Waals surface area contributed by atoms with Gasteiger partial charge < -0.3 is 5.32 Å². The van der Waals surface area contributed by atoms with Crippen molar-refractivity contribution < 1.29 is 13.2 Å². The third kappa shape index (κ3) is 4.57. The summed E-state index contributed by atoms with van der Waals surface area (Å²) in [6, 6.07) is 16.3. The Bertz CT molecular complexity index is 1050. The second kappa shape index (κ2) is 7.95. The first-order valence-corrected chi connectivity index (χ1v) is 10.4. The topological polar surface area (TPSA) is 101 Å². The van der Waals surface area contributed by atoms with Crippen molar-refractivity contribution in [2.45, 2.75) is 24.2 Å². The zero-order valence-corrected chi connectivity index (χ0v) is 16.3. The van der Waals surface area contributed by atoms with Crippen LogP contribution >= 0.6 is 11.3 Å². The number of carbonyl (C=O) groups excluding carboxylic acids is 1. The Hall–Kier alpha value is -2.62. The number of anilines is 1. The molecular weight excluding hydrogens is 384 g/mol. The van der Waals surface area contributed by atoms with Crippen molar-refractivity contribution in [1.29, 1.82) is 0 Å². The van der Waals surface area contributed by atoms with Crippen LogP contribution in [0.25, 0.3) is 0 Å². The molecule has 27 heavy (non-hydrogen) atoms. The van der Waals surface area contributed by atoms with Gasteiger partial charge >= 0.3 is 0 Å². The van der Waals surface area contributed by atoms with Crippen LogP contribution in [-0.2, 0) is 14.8 Å². The molecule has 0 fully saturated rings. The first kappa shape index (κ1) is 19.2. The molecule has 1 aromatic heterocycles. The van der Waals surface area contributed by atoms with Crippen molar-refractivity contribution in [3.05, 3.63) is 71.3 Å². The highest BCUT2D eigenvalue weighted by Crippen LogP contribution is 2.28. The van der Waals surface area contributed by atoms with Crippen LogP contribution in [0.5, 0.6) is 0 Å². The fraction of sp³-hybridized carbons (Fsp3) is 0.167. The Balaban J connectivity index is 1.97. The fourth-order valence-electron chi connectivity index (χ4n) is 2.59. The molecule has 0 unspecified atom stereocenters. The largest absolute Gasteiger partial charge is 0.301 e. The molecule has 9 heteroatoms. The number of nitrogens with one attached hydrogen (secondary N) is 2. The molecule has 7 nitrogen and oxygen atoms in total. The lowest BCUT2D eigenvalue weighted by Crippen LogP contribution is -2.30. The molecule has 0 radical (unpaired) electrons. The number of carbonyl (C=O) groups is 1. The lowest BCUT2D eigenvalue weighted by molar-refractivity contribution is -0.114. The normalized spacial score (nSPS) is 12.5. The first-order valence-electron chi connectivity index (χ1n) is 8.11. The highest BCUT2D eigenvalue weighted by molar-refractivity contribution is 7.91. The number of benzene rings is 2. The van der Waals surface area contributed by atoms with Gasteiger partial charge in [-0.15, -0.1) is 10.2 Å². The average molecular weight is 403 g/mol. The zero-order chi connectivity index (χ0) is 19.4. The van der Waals surface area contributed by atoms with Gasteiger partial charge in [-0.1, -0.05) is 65.9 Å². The summed E-state index contributed by atoms with van der Waals surface area (Å²) in [4.78, 5) is 11.1. The summed E-state index contributed by atoms with van der Waals surface area (Å²) in [6.07, 6.45) is 0. The van der Waals surface area contributed by atoms with E-state index < -0.39 is 16.1 Å². The lowest BCUT2D eigenvalue weighted by Gasteiger charge is -2.20. The molecule has 0 saturated heterocycles. The quantitative estimate of drug-likeness (QED) is 0.618. The van der Waals surface area contributed by atoms with Gasteiger partial charge in [-0.05, 0) is 23.6 Å². The smallest absolute Gasteiger partial charge is 0.270 e. The monoisotopic (exact) mass is 402 g/mol. The standard InChI is InChI=1S/C18H18N4O3S2/c1-12-8-6-7-11-15(12)16(14-9-4-3-5-10-14)22-27(24,25)18-21-20-17(26-18)19-13(2)23/h3-11,16,22H,1-2H3,(H,19,20,23)/t16-/m0/s1. The van der Waals surface area contributed by atoms with Crippen molar-refractivity contribution in [1.82, 2.24) is 14.9 Å². The van der Waals surface area contributed by atoms with Crippen LogP contribution < -0.4 is 10.0 Å². The Kier molecular flexibility index (Phi) is 5.64. The SMILES string of the molecule is CC(=O)Nc1nnc(S(=O)(=O)N[C@@H](c2ccccc2)c2ccccc2C)s1. The Morgan fingerprint density at radius 1 is 1.04 bits per heavy atom. The third-order valence-electron chi connectivity index (χ3n) is 3.82. The van der Waals surface area contributed by atoms with E-state index in [0.29, 0.717) is 0 Å². The molecule has 1 atom stereocenters. The first-order chi connectivity index (χ1) is 12.9. The van der Waals surface area contributed by atoms with Gasteiger partial charge in [0.1, 0.15) is 0 Å². The van der Waals surface area contributed by atoms with Crippen LogP contribution in [0.4, 0.5) is 5.13 Å². The predicted molar refractivity (Wildman–Crippen MR) is 104 cm³/mol. The number of hydrogen-bond donors (Lipinski definition) is 2. The van der Waals surface area contributed by atoms with Gasteiger partial charge in [0.2, 0.25) is 15.4 Å². The van der Waals surface area contributed by atoms with E-state index in [1.54, 1.807) is 0 Å². The van der Waals surface area contributed by atoms with E-state index in [-0.39, 0.29) is 15.4 Å². The summed E-state index contributed by atoms with van der Waals surface area (Å²) in [7, 11) is -3.94. The second-order valence-corrected chi connectivity index (χ2v) is 8.74. The van der Waals surface area contributed by atoms with Crippen molar-refractivity contribution in [3.63, 3.8) is 0 Å². The van der Waals surface area contributed by atoms with Gasteiger partial charge in [0, 0.05) is 6.92 Å². The number of amides is 1. The van der Waals surface area contributed by atoms with Gasteiger partial charge in [0.15, 0.2) is 0 Å². The van der Waals surface area contributed by atoms with Crippen LogP contribution in [0.3, 0.4) is 0 Å². The summed E-state index contributed by atoms with van der Waals surface area (Å²) in [5, 5.41) is 9.99. The Labute approximate surface area is 161 Å². The molecule has 0 aliphatic heterocycles. The number of aryl methyl sites for hydroxylation is 1. The van der Waals surface area contributed by atoms with Crippen LogP contribution in [0.15, 0.2) is 58.9 Å². The maximum Gasteiger partial charge on any atom is 0.270 e. The molecule has 2 aromatic carbocycles. The van der Waals surface area contributed by atoms with Gasteiger partial charge in [-0.3, -0.25) is 4.79 Å². The molecular formula is C18H18N4O3S2. The molecule has 2 N–H and O–H groups in total. The van der Waals surface area contributed by atoms with E-state index in [1.807, 2.05) is 61.5 Å². The van der Waals surface area contributed by atoms with Gasteiger partial charge in [-0.2, -0.15) is 4.72 Å². The molecule has 3 rings (SSSR count). The highest BCUT2D eigenvalue weighted by atomic mass is 32.2. The fourth-order valence-corrected chi connectivity index (χ4v) is 4.76. The molecule has 3 aromatic rings. The molecule has 1 heterocycles. The molecule has 0 aliphatic carbocycles. The van der Waals surface area contributed by atoms with Crippen molar-refractivity contribution in [2.75, 3.05) is 5.32 Å². The number of hydrogen-bond acceptors (Lipinski definition) is 6. The molecule has 0 bridgehead atoms. The molecule has 140 valence electrons. The van der Waals surface area contributed by atoms with Gasteiger partial charge in [0.25, 0.3) is 10.0 Å². The van der Waals surface area contributed by atoms with Crippen LogP contribution in [-0.4, -0.2) is 24.5 Å². The number of rotatable bonds is 6. The summed E-state index contributed by atoms with van der Waals surface area (Å²) >= 11 is 0.800. The number of sulfonamides is 1. The summed E-state index contributed by atoms with van der Waals surface area (Å²) in [6.45, 7) is 3.25. The van der Waals surface area contributed by atoms with E-state index in [1.165, 1.54) is 6.92 Å². The Morgan fingerprint density at radius 3 is 2.37 bits per heavy atom. The van der Waals surface area contributed by atoms with Gasteiger partial charge in [-0.25, -0.2) is 8.42 Å². The molecule has 0 saturated carbocycles. The van der Waals surface area contributed by atoms with Crippen LogP contribution in [0.2, 0.25) is 0 Å². The molecule has 1 amide bonds. The lowest BCUT2D eigenvalue weighted by atomic mass is 9.96. The third-order valence-corrected chi connectivity index (χ3v) is 6.45. The summed E-state index contributed by atoms with van der Waals surface area (Å²) < 4.78 is 28.3. The average Bonchev–Trinajstić information content (AvgIpc) is 3.10. The number of aromatic nitrogens is 2. The maximum atomic E-state index is 12.9. The zero-order valence-electron chi connectivity index (χ0n) is 14.7. The minimum Gasteiger partial charge on any atom is -0.301 e. The molecule has 0 aliphatic rings. The molecule has 0 spiro atoms. The summed E-state index contributed by atoms with van der Waals surface area (Å²) in [5.41, 5.74) is 2.62. The summed E-state index contributed by atoms with van der Waals surface area (Å²) in [5.74, 6) is -0.342. The van der Waals surface area contributed by atoms with Gasteiger partial charge in [0.05, 0.1) is 6.04 Å². The van der Waals surface area contributed by atoms with E-state index in [2.05, 4.69) is 20.2 Å². The predicted octanol–water partition coefficient (Wildman–Crippen LogP) is 2.87.